The maximum Gasteiger partial charge on any atom is 0.323 e. The lowest BCUT2D eigenvalue weighted by molar-refractivity contribution is -0.0510. The highest BCUT2D eigenvalue weighted by atomic mass is 32.1. The van der Waals surface area contributed by atoms with Gasteiger partial charge in [-0.25, -0.2) is 4.79 Å². The van der Waals surface area contributed by atoms with Gasteiger partial charge in [-0.05, 0) is 37.0 Å². The molecule has 7 nitrogen and oxygen atoms in total. The predicted molar refractivity (Wildman–Crippen MR) is 88.0 cm³/mol. The van der Waals surface area contributed by atoms with Gasteiger partial charge in [0, 0.05) is 13.1 Å². The van der Waals surface area contributed by atoms with Gasteiger partial charge in [-0.2, -0.15) is 0 Å². The van der Waals surface area contributed by atoms with E-state index < -0.39 is 0 Å². The molecule has 2 fully saturated rings. The number of aromatic nitrogens is 2. The molecule has 0 unspecified atom stereocenters. The molecule has 1 aromatic rings. The number of urea groups is 1. The van der Waals surface area contributed by atoms with Crippen molar-refractivity contribution in [2.45, 2.75) is 57.2 Å². The number of amides is 2. The standard InChI is InChI=1S/C15H24N4O3S/c1-21-15-18-17-13(23-15)16-14(20)19-9-7-12(8-10-19)22-11-5-3-2-4-6-11/h11-12H,2-10H2,1H3,(H,16,17,20). The van der Waals surface area contributed by atoms with E-state index in [2.05, 4.69) is 15.5 Å². The van der Waals surface area contributed by atoms with Crippen LogP contribution in [0.4, 0.5) is 9.93 Å². The molecule has 8 heteroatoms. The van der Waals surface area contributed by atoms with Gasteiger partial charge < -0.3 is 14.4 Å². The Balaban J connectivity index is 1.41. The molecule has 1 aliphatic carbocycles. The second-order valence-electron chi connectivity index (χ2n) is 6.09. The van der Waals surface area contributed by atoms with Crippen LogP contribution in [0.2, 0.25) is 0 Å². The fourth-order valence-corrected chi connectivity index (χ4v) is 3.73. The summed E-state index contributed by atoms with van der Waals surface area (Å²) in [5, 5.41) is 11.4. The number of likely N-dealkylation sites (tertiary alicyclic amines) is 1. The zero-order chi connectivity index (χ0) is 16.1. The second-order valence-corrected chi connectivity index (χ2v) is 7.03. The fraction of sp³-hybridized carbons (Fsp3) is 0.800. The molecule has 1 aliphatic heterocycles. The first-order chi connectivity index (χ1) is 11.2. The highest BCUT2D eigenvalue weighted by molar-refractivity contribution is 7.17. The monoisotopic (exact) mass is 340 g/mol. The van der Waals surface area contributed by atoms with E-state index in [1.165, 1.54) is 50.6 Å². The number of ether oxygens (including phenoxy) is 2. The summed E-state index contributed by atoms with van der Waals surface area (Å²) in [5.74, 6) is 0. The third kappa shape index (κ3) is 4.54. The summed E-state index contributed by atoms with van der Waals surface area (Å²) in [5.41, 5.74) is 0. The first kappa shape index (κ1) is 16.4. The Bertz CT molecular complexity index is 511. The van der Waals surface area contributed by atoms with E-state index in [0.717, 1.165) is 25.9 Å². The summed E-state index contributed by atoms with van der Waals surface area (Å²) >= 11 is 1.22. The third-order valence-corrected chi connectivity index (χ3v) is 5.26. The van der Waals surface area contributed by atoms with Crippen LogP contribution in [-0.4, -0.2) is 53.5 Å². The quantitative estimate of drug-likeness (QED) is 0.912. The van der Waals surface area contributed by atoms with Gasteiger partial charge in [-0.3, -0.25) is 5.32 Å². The van der Waals surface area contributed by atoms with Crippen LogP contribution in [-0.2, 0) is 4.74 Å². The molecule has 1 aromatic heterocycles. The lowest BCUT2D eigenvalue weighted by Crippen LogP contribution is -2.43. The molecule has 0 radical (unpaired) electrons. The van der Waals surface area contributed by atoms with Crippen LogP contribution >= 0.6 is 11.3 Å². The van der Waals surface area contributed by atoms with Gasteiger partial charge in [0.15, 0.2) is 0 Å². The van der Waals surface area contributed by atoms with Crippen molar-refractivity contribution in [1.82, 2.24) is 15.1 Å². The molecule has 23 heavy (non-hydrogen) atoms. The Kier molecular flexibility index (Phi) is 5.66. The lowest BCUT2D eigenvalue weighted by atomic mass is 9.97. The summed E-state index contributed by atoms with van der Waals surface area (Å²) < 4.78 is 11.2. The second kappa shape index (κ2) is 7.92. The molecule has 1 saturated carbocycles. The summed E-state index contributed by atoms with van der Waals surface area (Å²) in [4.78, 5) is 14.0. The third-order valence-electron chi connectivity index (χ3n) is 4.46. The van der Waals surface area contributed by atoms with Crippen molar-refractivity contribution in [3.63, 3.8) is 0 Å². The minimum absolute atomic E-state index is 0.125. The first-order valence-electron chi connectivity index (χ1n) is 8.33. The van der Waals surface area contributed by atoms with Crippen molar-refractivity contribution in [3.05, 3.63) is 0 Å². The molecular weight excluding hydrogens is 316 g/mol. The van der Waals surface area contributed by atoms with E-state index in [1.54, 1.807) is 0 Å². The Morgan fingerprint density at radius 2 is 1.83 bits per heavy atom. The molecule has 2 heterocycles. The van der Waals surface area contributed by atoms with Gasteiger partial charge in [0.2, 0.25) is 5.13 Å². The minimum Gasteiger partial charge on any atom is -0.472 e. The van der Waals surface area contributed by atoms with Gasteiger partial charge in [-0.15, -0.1) is 5.10 Å². The van der Waals surface area contributed by atoms with Crippen LogP contribution in [0, 0.1) is 0 Å². The van der Waals surface area contributed by atoms with Gasteiger partial charge in [0.05, 0.1) is 19.3 Å². The molecule has 2 aliphatic rings. The van der Waals surface area contributed by atoms with Gasteiger partial charge in [0.25, 0.3) is 5.19 Å². The maximum atomic E-state index is 12.2. The number of carbonyl (C=O) groups excluding carboxylic acids is 1. The summed E-state index contributed by atoms with van der Waals surface area (Å²) in [6, 6.07) is -0.125. The average molecular weight is 340 g/mol. The largest absolute Gasteiger partial charge is 0.472 e. The van der Waals surface area contributed by atoms with Crippen molar-refractivity contribution in [3.8, 4) is 5.19 Å². The normalized spacial score (nSPS) is 20.5. The fourth-order valence-electron chi connectivity index (χ4n) is 3.18. The summed E-state index contributed by atoms with van der Waals surface area (Å²) in [7, 11) is 1.53. The number of hydrogen-bond donors (Lipinski definition) is 1. The molecule has 128 valence electrons. The summed E-state index contributed by atoms with van der Waals surface area (Å²) in [6.45, 7) is 1.44. The highest BCUT2D eigenvalue weighted by Crippen LogP contribution is 2.25. The van der Waals surface area contributed by atoms with E-state index in [-0.39, 0.29) is 6.03 Å². The minimum atomic E-state index is -0.125. The predicted octanol–water partition coefficient (Wildman–Crippen LogP) is 2.89. The van der Waals surface area contributed by atoms with Crippen molar-refractivity contribution in [2.24, 2.45) is 0 Å². The van der Waals surface area contributed by atoms with Crippen LogP contribution in [0.5, 0.6) is 5.19 Å². The summed E-state index contributed by atoms with van der Waals surface area (Å²) in [6.07, 6.45) is 8.85. The van der Waals surface area contributed by atoms with Crippen LogP contribution in [0.25, 0.3) is 0 Å². The smallest absolute Gasteiger partial charge is 0.323 e. The van der Waals surface area contributed by atoms with E-state index in [9.17, 15) is 4.79 Å². The molecule has 0 aromatic carbocycles. The van der Waals surface area contributed by atoms with Crippen molar-refractivity contribution < 1.29 is 14.3 Å². The van der Waals surface area contributed by atoms with E-state index in [0.29, 0.717) is 22.5 Å². The van der Waals surface area contributed by atoms with Crippen molar-refractivity contribution in [1.29, 1.82) is 0 Å². The van der Waals surface area contributed by atoms with Gasteiger partial charge in [-0.1, -0.05) is 24.4 Å². The first-order valence-corrected chi connectivity index (χ1v) is 9.15. The molecule has 1 N–H and O–H groups in total. The zero-order valence-corrected chi connectivity index (χ0v) is 14.3. The number of methoxy groups -OCH3 is 1. The highest BCUT2D eigenvalue weighted by Gasteiger charge is 2.26. The lowest BCUT2D eigenvalue weighted by Gasteiger charge is -2.34. The number of anilines is 1. The Morgan fingerprint density at radius 1 is 1.13 bits per heavy atom. The molecule has 0 bridgehead atoms. The molecule has 2 amide bonds. The van der Waals surface area contributed by atoms with Crippen molar-refractivity contribution >= 4 is 22.5 Å². The number of nitrogens with zero attached hydrogens (tertiary/aromatic N) is 3. The number of nitrogens with one attached hydrogen (secondary N) is 1. The van der Waals surface area contributed by atoms with E-state index in [1.807, 2.05) is 4.90 Å². The SMILES string of the molecule is COc1nnc(NC(=O)N2CCC(OC3CCCCC3)CC2)s1. The Labute approximate surface area is 140 Å². The molecular formula is C15H24N4O3S. The van der Waals surface area contributed by atoms with Crippen molar-refractivity contribution in [2.75, 3.05) is 25.5 Å². The molecule has 0 atom stereocenters. The Morgan fingerprint density at radius 3 is 2.48 bits per heavy atom. The average Bonchev–Trinajstić information content (AvgIpc) is 3.04. The number of hydrogen-bond acceptors (Lipinski definition) is 6. The van der Waals surface area contributed by atoms with Crippen LogP contribution < -0.4 is 10.1 Å². The molecule has 3 rings (SSSR count). The van der Waals surface area contributed by atoms with E-state index in [4.69, 9.17) is 9.47 Å². The number of carbonyl (C=O) groups is 1. The van der Waals surface area contributed by atoms with Crippen LogP contribution in [0.3, 0.4) is 0 Å². The van der Waals surface area contributed by atoms with Crippen LogP contribution in [0.1, 0.15) is 44.9 Å². The van der Waals surface area contributed by atoms with Gasteiger partial charge in [0.1, 0.15) is 0 Å². The number of rotatable bonds is 4. The maximum absolute atomic E-state index is 12.2. The van der Waals surface area contributed by atoms with Crippen LogP contribution in [0.15, 0.2) is 0 Å². The van der Waals surface area contributed by atoms with E-state index >= 15 is 0 Å². The molecule has 1 saturated heterocycles. The topological polar surface area (TPSA) is 76.6 Å². The molecule has 0 spiro atoms. The zero-order valence-electron chi connectivity index (χ0n) is 13.5. The van der Waals surface area contributed by atoms with Gasteiger partial charge >= 0.3 is 6.03 Å². The Hall–Kier alpha value is -1.41. The number of piperidine rings is 1.